The molecule has 3 rings (SSSR count). The van der Waals surface area contributed by atoms with Crippen LogP contribution in [0.2, 0.25) is 0 Å². The number of benzene rings is 1. The zero-order valence-electron chi connectivity index (χ0n) is 10.1. The summed E-state index contributed by atoms with van der Waals surface area (Å²) in [5.74, 6) is 0. The molecule has 7 heteroatoms. The molecule has 19 heavy (non-hydrogen) atoms. The highest BCUT2D eigenvalue weighted by Gasteiger charge is 2.23. The normalized spacial score (nSPS) is 14.5. The summed E-state index contributed by atoms with van der Waals surface area (Å²) in [6.45, 7) is 2.40. The minimum Gasteiger partial charge on any atom is -0.375 e. The van der Waals surface area contributed by atoms with Crippen molar-refractivity contribution in [1.29, 1.82) is 0 Å². The Bertz CT molecular complexity index is 600. The Labute approximate surface area is 113 Å². The van der Waals surface area contributed by atoms with E-state index >= 15 is 0 Å². The third-order valence-corrected chi connectivity index (χ3v) is 4.00. The van der Waals surface area contributed by atoms with Gasteiger partial charge in [0.15, 0.2) is 5.13 Å². The molecule has 2 N–H and O–H groups in total. The van der Waals surface area contributed by atoms with Crippen LogP contribution in [0.5, 0.6) is 0 Å². The molecule has 0 atom stereocenters. The standard InChI is InChI=1S/C12H12N4O2S/c13-12-14-10-6-15(7-11(10)19-12)5-8-1-3-9(4-2-8)16(17)18/h1-4H,5-7H2,(H2,13,14). The van der Waals surface area contributed by atoms with Crippen molar-refractivity contribution in [3.05, 3.63) is 50.5 Å². The van der Waals surface area contributed by atoms with Crippen molar-refractivity contribution >= 4 is 22.2 Å². The number of aromatic nitrogens is 1. The van der Waals surface area contributed by atoms with Gasteiger partial charge in [-0.1, -0.05) is 12.1 Å². The van der Waals surface area contributed by atoms with Crippen molar-refractivity contribution in [2.75, 3.05) is 5.73 Å². The molecule has 0 saturated heterocycles. The second kappa shape index (κ2) is 4.60. The quantitative estimate of drug-likeness (QED) is 0.685. The number of hydrogen-bond donors (Lipinski definition) is 1. The van der Waals surface area contributed by atoms with Crippen LogP contribution in [0.4, 0.5) is 10.8 Å². The monoisotopic (exact) mass is 276 g/mol. The molecule has 98 valence electrons. The molecule has 0 aliphatic carbocycles. The summed E-state index contributed by atoms with van der Waals surface area (Å²) in [5.41, 5.74) is 7.90. The topological polar surface area (TPSA) is 85.3 Å². The summed E-state index contributed by atoms with van der Waals surface area (Å²) in [4.78, 5) is 17.9. The molecule has 2 aromatic rings. The van der Waals surface area contributed by atoms with Crippen LogP contribution in [0.3, 0.4) is 0 Å². The van der Waals surface area contributed by atoms with Crippen LogP contribution in [-0.4, -0.2) is 14.8 Å². The first-order chi connectivity index (χ1) is 9.11. The van der Waals surface area contributed by atoms with Gasteiger partial charge >= 0.3 is 0 Å². The second-order valence-electron chi connectivity index (χ2n) is 4.49. The van der Waals surface area contributed by atoms with Gasteiger partial charge in [0.25, 0.3) is 5.69 Å². The molecule has 1 aliphatic heterocycles. The molecular weight excluding hydrogens is 264 g/mol. The SMILES string of the molecule is Nc1nc2c(s1)CN(Cc1ccc([N+](=O)[O-])cc1)C2. The highest BCUT2D eigenvalue weighted by atomic mass is 32.1. The fourth-order valence-electron chi connectivity index (χ4n) is 2.21. The summed E-state index contributed by atoms with van der Waals surface area (Å²) < 4.78 is 0. The molecule has 0 spiro atoms. The highest BCUT2D eigenvalue weighted by molar-refractivity contribution is 7.15. The van der Waals surface area contributed by atoms with Crippen LogP contribution in [0.25, 0.3) is 0 Å². The minimum atomic E-state index is -0.385. The van der Waals surface area contributed by atoms with Crippen molar-refractivity contribution in [1.82, 2.24) is 9.88 Å². The highest BCUT2D eigenvalue weighted by Crippen LogP contribution is 2.30. The molecule has 2 heterocycles. The van der Waals surface area contributed by atoms with Gasteiger partial charge in [-0.05, 0) is 5.56 Å². The minimum absolute atomic E-state index is 0.124. The number of nitro groups is 1. The number of anilines is 1. The average molecular weight is 276 g/mol. The maximum Gasteiger partial charge on any atom is 0.269 e. The molecule has 0 amide bonds. The smallest absolute Gasteiger partial charge is 0.269 e. The Kier molecular flexibility index (Phi) is 2.92. The zero-order valence-corrected chi connectivity index (χ0v) is 10.9. The van der Waals surface area contributed by atoms with Crippen LogP contribution < -0.4 is 5.73 Å². The van der Waals surface area contributed by atoms with Crippen LogP contribution in [0.1, 0.15) is 16.1 Å². The van der Waals surface area contributed by atoms with Gasteiger partial charge in [-0.15, -0.1) is 11.3 Å². The Morgan fingerprint density at radius 1 is 1.37 bits per heavy atom. The zero-order chi connectivity index (χ0) is 13.4. The third-order valence-electron chi connectivity index (χ3n) is 3.09. The number of nitrogens with two attached hydrogens (primary N) is 1. The van der Waals surface area contributed by atoms with E-state index < -0.39 is 0 Å². The van der Waals surface area contributed by atoms with Gasteiger partial charge in [-0.3, -0.25) is 15.0 Å². The van der Waals surface area contributed by atoms with E-state index in [4.69, 9.17) is 5.73 Å². The lowest BCUT2D eigenvalue weighted by atomic mass is 10.2. The van der Waals surface area contributed by atoms with Crippen molar-refractivity contribution < 1.29 is 4.92 Å². The fraction of sp³-hybridized carbons (Fsp3) is 0.250. The predicted molar refractivity (Wildman–Crippen MR) is 72.6 cm³/mol. The Morgan fingerprint density at radius 3 is 2.74 bits per heavy atom. The molecule has 0 radical (unpaired) electrons. The lowest BCUT2D eigenvalue weighted by molar-refractivity contribution is -0.384. The first-order valence-electron chi connectivity index (χ1n) is 5.81. The Balaban J connectivity index is 1.67. The van der Waals surface area contributed by atoms with E-state index in [1.165, 1.54) is 28.3 Å². The fourth-order valence-corrected chi connectivity index (χ4v) is 3.10. The number of nitro benzene ring substituents is 1. The summed E-state index contributed by atoms with van der Waals surface area (Å²) in [7, 11) is 0. The van der Waals surface area contributed by atoms with Crippen molar-refractivity contribution in [2.45, 2.75) is 19.6 Å². The maximum absolute atomic E-state index is 10.6. The molecule has 0 unspecified atom stereocenters. The van der Waals surface area contributed by atoms with Crippen molar-refractivity contribution in [3.63, 3.8) is 0 Å². The van der Waals surface area contributed by atoms with E-state index in [0.29, 0.717) is 5.13 Å². The molecule has 0 bridgehead atoms. The van der Waals surface area contributed by atoms with E-state index in [1.807, 2.05) is 0 Å². The van der Waals surface area contributed by atoms with Crippen LogP contribution in [-0.2, 0) is 19.6 Å². The number of nitrogens with zero attached hydrogens (tertiary/aromatic N) is 3. The molecule has 6 nitrogen and oxygen atoms in total. The Morgan fingerprint density at radius 2 is 2.11 bits per heavy atom. The van der Waals surface area contributed by atoms with Gasteiger partial charge in [0.1, 0.15) is 0 Å². The lowest BCUT2D eigenvalue weighted by Gasteiger charge is -2.14. The van der Waals surface area contributed by atoms with E-state index in [1.54, 1.807) is 12.1 Å². The number of hydrogen-bond acceptors (Lipinski definition) is 6. The van der Waals surface area contributed by atoms with Crippen molar-refractivity contribution in [2.24, 2.45) is 0 Å². The third kappa shape index (κ3) is 2.42. The average Bonchev–Trinajstić information content (AvgIpc) is 2.86. The first kappa shape index (κ1) is 12.1. The number of fused-ring (bicyclic) bond motifs is 1. The molecule has 1 aliphatic rings. The van der Waals surface area contributed by atoms with E-state index in [-0.39, 0.29) is 10.6 Å². The van der Waals surface area contributed by atoms with E-state index in [2.05, 4.69) is 9.88 Å². The predicted octanol–water partition coefficient (Wildman–Crippen LogP) is 2.15. The van der Waals surface area contributed by atoms with Crippen LogP contribution >= 0.6 is 11.3 Å². The number of rotatable bonds is 3. The van der Waals surface area contributed by atoms with Crippen LogP contribution in [0, 0.1) is 10.1 Å². The van der Waals surface area contributed by atoms with E-state index in [9.17, 15) is 10.1 Å². The van der Waals surface area contributed by atoms with Crippen LogP contribution in [0.15, 0.2) is 24.3 Å². The first-order valence-corrected chi connectivity index (χ1v) is 6.63. The summed E-state index contributed by atoms with van der Waals surface area (Å²) in [6.07, 6.45) is 0. The largest absolute Gasteiger partial charge is 0.375 e. The Hall–Kier alpha value is -1.99. The number of nitrogen functional groups attached to an aromatic ring is 1. The summed E-state index contributed by atoms with van der Waals surface area (Å²) >= 11 is 1.53. The number of thiazole rings is 1. The van der Waals surface area contributed by atoms with Gasteiger partial charge in [0, 0.05) is 36.6 Å². The number of non-ortho nitro benzene ring substituents is 1. The molecule has 1 aromatic carbocycles. The van der Waals surface area contributed by atoms with Gasteiger partial charge in [0.2, 0.25) is 0 Å². The molecular formula is C12H12N4O2S. The van der Waals surface area contributed by atoms with Gasteiger partial charge in [-0.25, -0.2) is 4.98 Å². The van der Waals surface area contributed by atoms with Gasteiger partial charge in [0.05, 0.1) is 10.6 Å². The summed E-state index contributed by atoms with van der Waals surface area (Å²) in [6, 6.07) is 6.67. The van der Waals surface area contributed by atoms with E-state index in [0.717, 1.165) is 30.9 Å². The molecule has 0 fully saturated rings. The second-order valence-corrected chi connectivity index (χ2v) is 5.61. The lowest BCUT2D eigenvalue weighted by Crippen LogP contribution is -2.16. The van der Waals surface area contributed by atoms with Gasteiger partial charge < -0.3 is 5.73 Å². The molecule has 0 saturated carbocycles. The van der Waals surface area contributed by atoms with Crippen molar-refractivity contribution in [3.8, 4) is 0 Å². The maximum atomic E-state index is 10.6. The van der Waals surface area contributed by atoms with Gasteiger partial charge in [-0.2, -0.15) is 0 Å². The summed E-state index contributed by atoms with van der Waals surface area (Å²) in [5, 5.41) is 11.2. The molecule has 1 aromatic heterocycles.